The fourth-order valence-electron chi connectivity index (χ4n) is 3.15. The van der Waals surface area contributed by atoms with Crippen molar-refractivity contribution in [3.8, 4) is 16.5 Å². The number of carbonyl (C=O) groups excluding carboxylic acids is 1. The van der Waals surface area contributed by atoms with E-state index in [1.807, 2.05) is 12.1 Å². The maximum atomic E-state index is 12.4. The predicted octanol–water partition coefficient (Wildman–Crippen LogP) is 0.424. The van der Waals surface area contributed by atoms with Gasteiger partial charge in [0, 0.05) is 18.3 Å². The van der Waals surface area contributed by atoms with Crippen LogP contribution >= 0.6 is 11.3 Å². The summed E-state index contributed by atoms with van der Waals surface area (Å²) in [4.78, 5) is 44.5. The van der Waals surface area contributed by atoms with Gasteiger partial charge in [-0.1, -0.05) is 0 Å². The Labute approximate surface area is 184 Å². The van der Waals surface area contributed by atoms with Crippen molar-refractivity contribution in [2.45, 2.75) is 18.9 Å². The van der Waals surface area contributed by atoms with Crippen LogP contribution < -0.4 is 16.4 Å². The summed E-state index contributed by atoms with van der Waals surface area (Å²) in [5, 5.41) is 16.1. The highest BCUT2D eigenvalue weighted by Gasteiger charge is 2.21. The molecule has 3 N–H and O–H groups in total. The Hall–Kier alpha value is -3.77. The summed E-state index contributed by atoms with van der Waals surface area (Å²) < 4.78 is 1.63. The minimum Gasteiger partial charge on any atom is -0.493 e. The summed E-state index contributed by atoms with van der Waals surface area (Å²) in [7, 11) is 2.98. The number of rotatable bonds is 5. The van der Waals surface area contributed by atoms with Gasteiger partial charge < -0.3 is 10.1 Å². The van der Waals surface area contributed by atoms with Gasteiger partial charge in [-0.25, -0.2) is 14.8 Å². The first-order valence-corrected chi connectivity index (χ1v) is 10.6. The molecule has 1 amide bonds. The number of hydroxylamine groups is 2. The standard InChI is InChI=1S/C20H19N7O4S/c1-26(31-2)19(29)15-6-5-14(32-15)12-8-16(22-11-3-4-11)27-17(23-12)10(9-21-27)7-13-18(28)25-20(30)24-13/h5-9,11,28H,3-4H2,1-2H3,(H2,24,25,30). The monoisotopic (exact) mass is 453 g/mol. The molecule has 1 saturated carbocycles. The molecule has 0 atom stereocenters. The van der Waals surface area contributed by atoms with E-state index >= 15 is 0 Å². The number of hydrogen-bond acceptors (Lipinski definition) is 8. The number of fused-ring (bicyclic) bond motifs is 1. The summed E-state index contributed by atoms with van der Waals surface area (Å²) >= 11 is 1.30. The number of aromatic amines is 2. The highest BCUT2D eigenvalue weighted by molar-refractivity contribution is 7.17. The van der Waals surface area contributed by atoms with Gasteiger partial charge in [0.05, 0.1) is 34.8 Å². The van der Waals surface area contributed by atoms with Gasteiger partial charge in [-0.3, -0.25) is 19.6 Å². The lowest BCUT2D eigenvalue weighted by atomic mass is 10.3. The topological polar surface area (TPSA) is 141 Å². The maximum absolute atomic E-state index is 12.4. The first-order valence-electron chi connectivity index (χ1n) is 9.81. The SMILES string of the molecule is CON(C)C(=O)c1ccc(-c2cc(=NC3CC3)n3ncc(=Cc4[nH]c(=O)[nH]c4O)c3n2)s1. The Kier molecular flexibility index (Phi) is 4.87. The Morgan fingerprint density at radius 2 is 2.22 bits per heavy atom. The number of imidazole rings is 1. The third-order valence-corrected chi connectivity index (χ3v) is 6.10. The van der Waals surface area contributed by atoms with Gasteiger partial charge in [-0.2, -0.15) is 9.61 Å². The predicted molar refractivity (Wildman–Crippen MR) is 116 cm³/mol. The molecule has 12 heteroatoms. The van der Waals surface area contributed by atoms with Gasteiger partial charge in [0.1, 0.15) is 5.69 Å². The van der Waals surface area contributed by atoms with Crippen LogP contribution in [0.15, 0.2) is 34.2 Å². The molecule has 0 unspecified atom stereocenters. The van der Waals surface area contributed by atoms with Gasteiger partial charge in [-0.05, 0) is 31.1 Å². The highest BCUT2D eigenvalue weighted by Crippen LogP contribution is 2.27. The number of H-pyrrole nitrogens is 2. The molecule has 0 aliphatic heterocycles. The van der Waals surface area contributed by atoms with Crippen molar-refractivity contribution in [3.05, 3.63) is 56.2 Å². The zero-order chi connectivity index (χ0) is 22.4. The zero-order valence-corrected chi connectivity index (χ0v) is 18.0. The number of thiophene rings is 1. The van der Waals surface area contributed by atoms with Crippen LogP contribution in [0, 0.1) is 0 Å². The second-order valence-electron chi connectivity index (χ2n) is 7.33. The van der Waals surface area contributed by atoms with E-state index < -0.39 is 5.69 Å². The number of nitrogens with one attached hydrogen (secondary N) is 2. The molecule has 164 valence electrons. The first-order chi connectivity index (χ1) is 15.4. The van der Waals surface area contributed by atoms with E-state index in [-0.39, 0.29) is 23.5 Å². The maximum Gasteiger partial charge on any atom is 0.326 e. The summed E-state index contributed by atoms with van der Waals surface area (Å²) in [5.74, 6) is -0.518. The Balaban J connectivity index is 1.68. The van der Waals surface area contributed by atoms with Crippen molar-refractivity contribution in [2.24, 2.45) is 4.99 Å². The quantitative estimate of drug-likeness (QED) is 0.374. The number of hydrogen-bond donors (Lipinski definition) is 3. The van der Waals surface area contributed by atoms with E-state index in [9.17, 15) is 14.7 Å². The second-order valence-corrected chi connectivity index (χ2v) is 8.41. The highest BCUT2D eigenvalue weighted by atomic mass is 32.1. The smallest absolute Gasteiger partial charge is 0.326 e. The van der Waals surface area contributed by atoms with Crippen molar-refractivity contribution in [2.75, 3.05) is 14.2 Å². The molecule has 0 radical (unpaired) electrons. The molecular formula is C20H19N7O4S. The fraction of sp³-hybridized carbons (Fsp3) is 0.250. The summed E-state index contributed by atoms with van der Waals surface area (Å²) in [6, 6.07) is 5.66. The molecule has 4 aromatic rings. The molecular weight excluding hydrogens is 434 g/mol. The normalized spacial score (nSPS) is 15.1. The van der Waals surface area contributed by atoms with Crippen LogP contribution in [0.3, 0.4) is 0 Å². The molecule has 4 heterocycles. The second kappa shape index (κ2) is 7.73. The van der Waals surface area contributed by atoms with Crippen molar-refractivity contribution >= 4 is 29.0 Å². The van der Waals surface area contributed by atoms with E-state index in [2.05, 4.69) is 15.1 Å². The molecule has 0 saturated heterocycles. The molecule has 5 rings (SSSR count). The third-order valence-electron chi connectivity index (χ3n) is 5.01. The van der Waals surface area contributed by atoms with Crippen molar-refractivity contribution < 1.29 is 14.7 Å². The van der Waals surface area contributed by atoms with E-state index in [0.29, 0.717) is 26.9 Å². The Bertz CT molecular complexity index is 1510. The van der Waals surface area contributed by atoms with Gasteiger partial charge in [0.2, 0.25) is 5.88 Å². The van der Waals surface area contributed by atoms with E-state index in [1.54, 1.807) is 29.9 Å². The Morgan fingerprint density at radius 1 is 1.41 bits per heavy atom. The van der Waals surface area contributed by atoms with Crippen LogP contribution in [0.1, 0.15) is 28.2 Å². The summed E-state index contributed by atoms with van der Waals surface area (Å²) in [6.45, 7) is 0. The molecule has 0 spiro atoms. The molecule has 0 aromatic carbocycles. The molecule has 1 fully saturated rings. The van der Waals surface area contributed by atoms with Crippen LogP contribution in [-0.4, -0.2) is 60.8 Å². The van der Waals surface area contributed by atoms with Gasteiger partial charge in [-0.15, -0.1) is 11.3 Å². The van der Waals surface area contributed by atoms with Crippen molar-refractivity contribution in [3.63, 3.8) is 0 Å². The van der Waals surface area contributed by atoms with Gasteiger partial charge in [0.15, 0.2) is 11.1 Å². The van der Waals surface area contributed by atoms with Crippen molar-refractivity contribution in [1.82, 2.24) is 29.6 Å². The lowest BCUT2D eigenvalue weighted by Crippen LogP contribution is -2.24. The number of carbonyl (C=O) groups is 1. The third kappa shape index (κ3) is 3.69. The molecule has 1 aliphatic rings. The fourth-order valence-corrected chi connectivity index (χ4v) is 4.08. The van der Waals surface area contributed by atoms with Crippen LogP contribution in [-0.2, 0) is 4.84 Å². The summed E-state index contributed by atoms with van der Waals surface area (Å²) in [5.41, 5.74) is 1.51. The molecule has 32 heavy (non-hydrogen) atoms. The van der Waals surface area contributed by atoms with Gasteiger partial charge >= 0.3 is 5.69 Å². The minimum absolute atomic E-state index is 0.226. The number of aromatic nitrogens is 5. The first kappa shape index (κ1) is 20.2. The van der Waals surface area contributed by atoms with Crippen LogP contribution in [0.2, 0.25) is 0 Å². The molecule has 4 aromatic heterocycles. The number of nitrogens with zero attached hydrogens (tertiary/aromatic N) is 5. The molecule has 1 aliphatic carbocycles. The van der Waals surface area contributed by atoms with Crippen LogP contribution in [0.25, 0.3) is 22.3 Å². The van der Waals surface area contributed by atoms with E-state index in [1.165, 1.54) is 18.4 Å². The molecule has 11 nitrogen and oxygen atoms in total. The van der Waals surface area contributed by atoms with Gasteiger partial charge in [0.25, 0.3) is 5.91 Å². The average Bonchev–Trinajstić information content (AvgIpc) is 3.17. The lowest BCUT2D eigenvalue weighted by Gasteiger charge is -2.11. The number of amides is 1. The van der Waals surface area contributed by atoms with E-state index in [4.69, 9.17) is 14.8 Å². The Morgan fingerprint density at radius 3 is 2.91 bits per heavy atom. The number of aromatic hydroxyl groups is 1. The van der Waals surface area contributed by atoms with Crippen LogP contribution in [0.5, 0.6) is 5.88 Å². The average molecular weight is 453 g/mol. The molecule has 0 bridgehead atoms. The van der Waals surface area contributed by atoms with Crippen molar-refractivity contribution in [1.29, 1.82) is 0 Å². The minimum atomic E-state index is -0.514. The lowest BCUT2D eigenvalue weighted by molar-refractivity contribution is -0.0753. The zero-order valence-electron chi connectivity index (χ0n) is 17.2. The largest absolute Gasteiger partial charge is 0.493 e. The van der Waals surface area contributed by atoms with Crippen LogP contribution in [0.4, 0.5) is 0 Å². The summed E-state index contributed by atoms with van der Waals surface area (Å²) in [6.07, 6.45) is 5.24. The van der Waals surface area contributed by atoms with E-state index in [0.717, 1.165) is 22.8 Å².